The van der Waals surface area contributed by atoms with Crippen molar-refractivity contribution in [2.24, 2.45) is 0 Å². The average Bonchev–Trinajstić information content (AvgIpc) is 3.04. The van der Waals surface area contributed by atoms with Crippen molar-refractivity contribution >= 4 is 5.91 Å². The molecule has 0 heterocycles. The maximum atomic E-state index is 12.3. The van der Waals surface area contributed by atoms with Gasteiger partial charge >= 0.3 is 0 Å². The minimum absolute atomic E-state index is 0.0611. The Bertz CT molecular complexity index is 608. The normalized spacial score (nSPS) is 13.1. The predicted molar refractivity (Wildman–Crippen MR) is 198 cm³/mol. The van der Waals surface area contributed by atoms with E-state index in [-0.39, 0.29) is 12.5 Å². The lowest BCUT2D eigenvalue weighted by Crippen LogP contribution is -2.45. The van der Waals surface area contributed by atoms with Gasteiger partial charge in [-0.2, -0.15) is 0 Å². The zero-order valence-corrected chi connectivity index (χ0v) is 30.7. The number of rotatable bonds is 37. The molecule has 0 aromatic carbocycles. The molecular formula is C41H81NO3. The van der Waals surface area contributed by atoms with E-state index in [0.717, 1.165) is 25.7 Å². The Morgan fingerprint density at radius 2 is 0.822 bits per heavy atom. The highest BCUT2D eigenvalue weighted by molar-refractivity contribution is 5.76. The molecule has 268 valence electrons. The number of carbonyl (C=O) groups excluding carboxylic acids is 1. The number of aliphatic hydroxyl groups excluding tert-OH is 2. The van der Waals surface area contributed by atoms with E-state index in [1.165, 1.54) is 180 Å². The highest BCUT2D eigenvalue weighted by Crippen LogP contribution is 2.16. The van der Waals surface area contributed by atoms with Crippen molar-refractivity contribution in [2.45, 2.75) is 238 Å². The van der Waals surface area contributed by atoms with E-state index in [2.05, 4.69) is 19.2 Å². The monoisotopic (exact) mass is 636 g/mol. The van der Waals surface area contributed by atoms with E-state index in [0.29, 0.717) is 6.42 Å². The summed E-state index contributed by atoms with van der Waals surface area (Å²) in [5.74, 6) is -0.0611. The zero-order valence-electron chi connectivity index (χ0n) is 30.7. The van der Waals surface area contributed by atoms with Gasteiger partial charge in [-0.1, -0.05) is 212 Å². The summed E-state index contributed by atoms with van der Waals surface area (Å²) in [6.07, 6.45) is 46.0. The Kier molecular flexibility index (Phi) is 36.9. The van der Waals surface area contributed by atoms with Crippen LogP contribution in [0.3, 0.4) is 0 Å². The average molecular weight is 636 g/mol. The Balaban J connectivity index is 3.51. The minimum atomic E-state index is -0.832. The summed E-state index contributed by atoms with van der Waals surface area (Å²) in [4.78, 5) is 12.3. The number of hydrogen-bond acceptors (Lipinski definition) is 3. The van der Waals surface area contributed by atoms with Crippen molar-refractivity contribution in [3.05, 3.63) is 12.2 Å². The SMILES string of the molecule is CCCCCCCCCCCC/C=C/[C@@H](O)[C@H](CO)NC(=O)CCCCCCCCCCCCCCCCCCCCCCC. The third kappa shape index (κ3) is 34.3. The van der Waals surface area contributed by atoms with Gasteiger partial charge in [0.1, 0.15) is 0 Å². The fraction of sp³-hybridized carbons (Fsp3) is 0.927. The van der Waals surface area contributed by atoms with E-state index in [1.54, 1.807) is 6.08 Å². The Morgan fingerprint density at radius 1 is 0.511 bits per heavy atom. The lowest BCUT2D eigenvalue weighted by Gasteiger charge is -2.20. The molecule has 0 saturated heterocycles. The van der Waals surface area contributed by atoms with Crippen LogP contribution in [0.4, 0.5) is 0 Å². The molecule has 0 unspecified atom stereocenters. The number of amides is 1. The summed E-state index contributed by atoms with van der Waals surface area (Å²) < 4.78 is 0. The zero-order chi connectivity index (χ0) is 32.9. The van der Waals surface area contributed by atoms with E-state index in [9.17, 15) is 15.0 Å². The minimum Gasteiger partial charge on any atom is -0.394 e. The molecule has 0 aromatic heterocycles. The van der Waals surface area contributed by atoms with E-state index in [1.807, 2.05) is 6.08 Å². The summed E-state index contributed by atoms with van der Waals surface area (Å²) >= 11 is 0. The van der Waals surface area contributed by atoms with Gasteiger partial charge < -0.3 is 15.5 Å². The Labute approximate surface area is 282 Å². The predicted octanol–water partition coefficient (Wildman–Crippen LogP) is 12.3. The first-order valence-electron chi connectivity index (χ1n) is 20.4. The molecule has 3 N–H and O–H groups in total. The van der Waals surface area contributed by atoms with E-state index >= 15 is 0 Å². The topological polar surface area (TPSA) is 69.6 Å². The van der Waals surface area contributed by atoms with Crippen molar-refractivity contribution < 1.29 is 15.0 Å². The van der Waals surface area contributed by atoms with Crippen LogP contribution in [-0.4, -0.2) is 34.9 Å². The van der Waals surface area contributed by atoms with Gasteiger partial charge in [-0.3, -0.25) is 4.79 Å². The van der Waals surface area contributed by atoms with Gasteiger partial charge in [0.05, 0.1) is 18.8 Å². The van der Waals surface area contributed by atoms with E-state index in [4.69, 9.17) is 0 Å². The van der Waals surface area contributed by atoms with Gasteiger partial charge in [0.15, 0.2) is 0 Å². The summed E-state index contributed by atoms with van der Waals surface area (Å²) in [5, 5.41) is 22.9. The van der Waals surface area contributed by atoms with Crippen LogP contribution in [0.1, 0.15) is 226 Å². The summed E-state index contributed by atoms with van der Waals surface area (Å²) in [7, 11) is 0. The first kappa shape index (κ1) is 44.1. The molecule has 4 heteroatoms. The van der Waals surface area contributed by atoms with E-state index < -0.39 is 12.1 Å². The largest absolute Gasteiger partial charge is 0.394 e. The summed E-state index contributed by atoms with van der Waals surface area (Å²) in [6, 6.07) is -0.614. The van der Waals surface area contributed by atoms with Crippen LogP contribution in [-0.2, 0) is 4.79 Å². The number of carbonyl (C=O) groups is 1. The fourth-order valence-corrected chi connectivity index (χ4v) is 6.35. The standard InChI is InChI=1S/C41H81NO3/c1-3-5-7-9-11-13-15-17-18-19-20-21-22-23-24-25-27-29-31-33-35-37-41(45)42-39(38-43)40(44)36-34-32-30-28-26-16-14-12-10-8-6-4-2/h34,36,39-40,43-44H,3-33,35,37-38H2,1-2H3,(H,42,45)/b36-34+/t39-,40+/m0/s1. The third-order valence-corrected chi connectivity index (χ3v) is 9.52. The Morgan fingerprint density at radius 3 is 1.16 bits per heavy atom. The molecule has 0 radical (unpaired) electrons. The molecule has 0 aliphatic rings. The van der Waals surface area contributed by atoms with Crippen LogP contribution >= 0.6 is 0 Å². The first-order chi connectivity index (χ1) is 22.2. The summed E-state index contributed by atoms with van der Waals surface area (Å²) in [5.41, 5.74) is 0. The van der Waals surface area contributed by atoms with Gasteiger partial charge in [-0.05, 0) is 19.3 Å². The molecule has 0 rings (SSSR count). The Hall–Kier alpha value is -0.870. The number of nitrogens with one attached hydrogen (secondary N) is 1. The number of allylic oxidation sites excluding steroid dienone is 1. The van der Waals surface area contributed by atoms with Crippen molar-refractivity contribution in [1.82, 2.24) is 5.32 Å². The second-order valence-corrected chi connectivity index (χ2v) is 14.1. The van der Waals surface area contributed by atoms with Crippen LogP contribution in [0, 0.1) is 0 Å². The van der Waals surface area contributed by atoms with Crippen LogP contribution in [0.2, 0.25) is 0 Å². The smallest absolute Gasteiger partial charge is 0.220 e. The molecule has 0 aliphatic heterocycles. The molecule has 0 fully saturated rings. The molecule has 0 spiro atoms. The molecule has 0 aromatic rings. The third-order valence-electron chi connectivity index (χ3n) is 9.52. The second-order valence-electron chi connectivity index (χ2n) is 14.1. The number of unbranched alkanes of at least 4 members (excludes halogenated alkanes) is 30. The molecule has 0 bridgehead atoms. The van der Waals surface area contributed by atoms with Gasteiger partial charge in [0.25, 0.3) is 0 Å². The van der Waals surface area contributed by atoms with Gasteiger partial charge in [-0.15, -0.1) is 0 Å². The van der Waals surface area contributed by atoms with Crippen molar-refractivity contribution in [3.8, 4) is 0 Å². The summed E-state index contributed by atoms with van der Waals surface area (Å²) in [6.45, 7) is 4.31. The quantitative estimate of drug-likeness (QED) is 0.0470. The fourth-order valence-electron chi connectivity index (χ4n) is 6.35. The highest BCUT2D eigenvalue weighted by Gasteiger charge is 2.17. The molecule has 45 heavy (non-hydrogen) atoms. The van der Waals surface area contributed by atoms with Crippen LogP contribution in [0.5, 0.6) is 0 Å². The van der Waals surface area contributed by atoms with Crippen LogP contribution < -0.4 is 5.32 Å². The van der Waals surface area contributed by atoms with Gasteiger partial charge in [0, 0.05) is 6.42 Å². The number of aliphatic hydroxyl groups is 2. The molecule has 2 atom stereocenters. The van der Waals surface area contributed by atoms with Crippen LogP contribution in [0.25, 0.3) is 0 Å². The molecule has 0 saturated carbocycles. The lowest BCUT2D eigenvalue weighted by atomic mass is 10.0. The highest BCUT2D eigenvalue weighted by atomic mass is 16.3. The second kappa shape index (κ2) is 37.6. The maximum absolute atomic E-state index is 12.3. The maximum Gasteiger partial charge on any atom is 0.220 e. The first-order valence-corrected chi connectivity index (χ1v) is 20.4. The van der Waals surface area contributed by atoms with Gasteiger partial charge in [0.2, 0.25) is 5.91 Å². The molecule has 1 amide bonds. The van der Waals surface area contributed by atoms with Gasteiger partial charge in [-0.25, -0.2) is 0 Å². The van der Waals surface area contributed by atoms with Crippen molar-refractivity contribution in [3.63, 3.8) is 0 Å². The molecule has 4 nitrogen and oxygen atoms in total. The van der Waals surface area contributed by atoms with Crippen molar-refractivity contribution in [2.75, 3.05) is 6.61 Å². The van der Waals surface area contributed by atoms with Crippen LogP contribution in [0.15, 0.2) is 12.2 Å². The van der Waals surface area contributed by atoms with Crippen molar-refractivity contribution in [1.29, 1.82) is 0 Å². The molecular weight excluding hydrogens is 554 g/mol. The molecule has 0 aliphatic carbocycles. The lowest BCUT2D eigenvalue weighted by molar-refractivity contribution is -0.123. The number of hydrogen-bond donors (Lipinski definition) is 3.